The third kappa shape index (κ3) is 1.93. The second-order valence-electron chi connectivity index (χ2n) is 6.09. The summed E-state index contributed by atoms with van der Waals surface area (Å²) in [6.07, 6.45) is 2.93. The minimum absolute atomic E-state index is 0.129. The maximum Gasteiger partial charge on any atom is 0.258 e. The largest absolute Gasteiger partial charge is 0.350 e. The van der Waals surface area contributed by atoms with Gasteiger partial charge in [-0.25, -0.2) is 4.98 Å². The number of anilines is 1. The van der Waals surface area contributed by atoms with E-state index in [2.05, 4.69) is 58.0 Å². The molecule has 7 nitrogen and oxygen atoms in total. The van der Waals surface area contributed by atoms with Crippen LogP contribution in [0.3, 0.4) is 0 Å². The van der Waals surface area contributed by atoms with Crippen molar-refractivity contribution in [1.82, 2.24) is 29.7 Å². The monoisotopic (exact) mass is 293 g/mol. The van der Waals surface area contributed by atoms with Crippen LogP contribution in [-0.4, -0.2) is 35.8 Å². The second-order valence-corrected chi connectivity index (χ2v) is 6.43. The van der Waals surface area contributed by atoms with Crippen LogP contribution in [0.5, 0.6) is 0 Å². The normalized spacial score (nSPS) is 19.9. The molecule has 1 fully saturated rings. The molecule has 1 aliphatic carbocycles. The molecule has 1 saturated carbocycles. The Labute approximate surface area is 121 Å². The van der Waals surface area contributed by atoms with Crippen molar-refractivity contribution in [1.29, 1.82) is 0 Å². The smallest absolute Gasteiger partial charge is 0.258 e. The average molecular weight is 294 g/mol. The van der Waals surface area contributed by atoms with E-state index in [0.717, 1.165) is 0 Å². The Kier molecular flexibility index (Phi) is 2.72. The summed E-state index contributed by atoms with van der Waals surface area (Å²) in [7, 11) is 0. The Hall–Kier alpha value is -1.76. The molecule has 0 spiro atoms. The third-order valence-electron chi connectivity index (χ3n) is 4.51. The number of aromatic nitrogens is 6. The fourth-order valence-electron chi connectivity index (χ4n) is 2.50. The van der Waals surface area contributed by atoms with Crippen molar-refractivity contribution >= 4 is 17.5 Å². The molecule has 0 radical (unpaired) electrons. The fourth-order valence-corrected chi connectivity index (χ4v) is 2.66. The summed E-state index contributed by atoms with van der Waals surface area (Å²) in [5, 5.41) is 7.45. The molecule has 0 saturated heterocycles. The van der Waals surface area contributed by atoms with Crippen molar-refractivity contribution in [2.24, 2.45) is 10.8 Å². The molecule has 2 aromatic heterocycles. The molecule has 20 heavy (non-hydrogen) atoms. The number of halogens is 1. The van der Waals surface area contributed by atoms with Crippen LogP contribution in [0.15, 0.2) is 12.7 Å². The minimum atomic E-state index is 0.129. The molecule has 106 valence electrons. The first kappa shape index (κ1) is 13.2. The van der Waals surface area contributed by atoms with E-state index in [4.69, 9.17) is 11.6 Å². The van der Waals surface area contributed by atoms with Gasteiger partial charge in [0.25, 0.3) is 5.95 Å². The molecule has 2 heterocycles. The zero-order valence-corrected chi connectivity index (χ0v) is 12.5. The summed E-state index contributed by atoms with van der Waals surface area (Å²) in [5.41, 5.74) is 0.360. The van der Waals surface area contributed by atoms with E-state index in [1.165, 1.54) is 17.3 Å². The van der Waals surface area contributed by atoms with Gasteiger partial charge in [-0.1, -0.05) is 27.7 Å². The molecule has 0 amide bonds. The first-order valence-electron chi connectivity index (χ1n) is 6.35. The minimum Gasteiger partial charge on any atom is -0.350 e. The summed E-state index contributed by atoms with van der Waals surface area (Å²) in [6, 6.07) is 0.289. The molecule has 2 aromatic rings. The van der Waals surface area contributed by atoms with E-state index in [1.54, 1.807) is 0 Å². The molecule has 0 atom stereocenters. The van der Waals surface area contributed by atoms with Crippen molar-refractivity contribution in [3.05, 3.63) is 17.9 Å². The average Bonchev–Trinajstić information content (AvgIpc) is 2.81. The molecule has 0 bridgehead atoms. The number of nitrogens with zero attached hydrogens (tertiary/aromatic N) is 6. The molecular weight excluding hydrogens is 278 g/mol. The van der Waals surface area contributed by atoms with Crippen LogP contribution in [0.4, 0.5) is 5.95 Å². The molecule has 0 aliphatic heterocycles. The maximum absolute atomic E-state index is 5.95. The van der Waals surface area contributed by atoms with E-state index in [-0.39, 0.29) is 22.2 Å². The highest BCUT2D eigenvalue weighted by molar-refractivity contribution is 6.28. The lowest BCUT2D eigenvalue weighted by Gasteiger charge is -2.07. The topological polar surface area (TPSA) is 81.4 Å². The standard InChI is InChI=1S/C12H16ClN7/c1-11(2)7(12(11,3)4)16-9-17-8(13)18-10(19-9)20-6-14-5-15-20/h5-7H,1-4H3,(H,16,17,18,19). The summed E-state index contributed by atoms with van der Waals surface area (Å²) >= 11 is 5.95. The number of rotatable bonds is 3. The van der Waals surface area contributed by atoms with Crippen molar-refractivity contribution < 1.29 is 0 Å². The SMILES string of the molecule is CC1(C)C(Nc2nc(Cl)nc(-n3cncn3)n2)C1(C)C. The van der Waals surface area contributed by atoms with Crippen molar-refractivity contribution in [2.75, 3.05) is 5.32 Å². The Morgan fingerprint density at radius 2 is 1.85 bits per heavy atom. The summed E-state index contributed by atoms with van der Waals surface area (Å²) in [6.45, 7) is 8.86. The Balaban J connectivity index is 1.89. The van der Waals surface area contributed by atoms with Gasteiger partial charge in [0.05, 0.1) is 0 Å². The van der Waals surface area contributed by atoms with Crippen LogP contribution in [-0.2, 0) is 0 Å². The van der Waals surface area contributed by atoms with Gasteiger partial charge in [-0.05, 0) is 22.4 Å². The predicted octanol–water partition coefficient (Wildman–Crippen LogP) is 1.95. The van der Waals surface area contributed by atoms with Gasteiger partial charge in [0.15, 0.2) is 0 Å². The van der Waals surface area contributed by atoms with E-state index < -0.39 is 0 Å². The molecule has 1 N–H and O–H groups in total. The van der Waals surface area contributed by atoms with Crippen LogP contribution in [0.25, 0.3) is 5.95 Å². The van der Waals surface area contributed by atoms with Gasteiger partial charge in [0.1, 0.15) is 12.7 Å². The van der Waals surface area contributed by atoms with Gasteiger partial charge in [-0.3, -0.25) is 0 Å². The molecule has 0 aromatic carbocycles. The second kappa shape index (κ2) is 4.12. The number of hydrogen-bond donors (Lipinski definition) is 1. The third-order valence-corrected chi connectivity index (χ3v) is 4.68. The van der Waals surface area contributed by atoms with Crippen LogP contribution in [0.1, 0.15) is 27.7 Å². The Morgan fingerprint density at radius 1 is 1.15 bits per heavy atom. The molecule has 3 rings (SSSR count). The molecule has 8 heteroatoms. The van der Waals surface area contributed by atoms with E-state index in [0.29, 0.717) is 11.9 Å². The van der Waals surface area contributed by atoms with Gasteiger partial charge in [-0.2, -0.15) is 24.7 Å². The summed E-state index contributed by atoms with van der Waals surface area (Å²) < 4.78 is 1.45. The van der Waals surface area contributed by atoms with Crippen LogP contribution in [0, 0.1) is 10.8 Å². The molecule has 1 aliphatic rings. The number of nitrogens with one attached hydrogen (secondary N) is 1. The highest BCUT2D eigenvalue weighted by atomic mass is 35.5. The van der Waals surface area contributed by atoms with Gasteiger partial charge >= 0.3 is 0 Å². The zero-order chi connectivity index (χ0) is 14.5. The zero-order valence-electron chi connectivity index (χ0n) is 11.8. The van der Waals surface area contributed by atoms with Gasteiger partial charge < -0.3 is 5.32 Å². The van der Waals surface area contributed by atoms with Crippen LogP contribution < -0.4 is 5.32 Å². The van der Waals surface area contributed by atoms with E-state index >= 15 is 0 Å². The van der Waals surface area contributed by atoms with Gasteiger partial charge in [-0.15, -0.1) is 0 Å². The lowest BCUT2D eigenvalue weighted by atomic mass is 10.0. The van der Waals surface area contributed by atoms with Gasteiger partial charge in [0, 0.05) is 6.04 Å². The van der Waals surface area contributed by atoms with Gasteiger partial charge in [0.2, 0.25) is 11.2 Å². The number of hydrogen-bond acceptors (Lipinski definition) is 6. The predicted molar refractivity (Wildman–Crippen MR) is 74.7 cm³/mol. The Morgan fingerprint density at radius 3 is 2.40 bits per heavy atom. The fraction of sp³-hybridized carbons (Fsp3) is 0.583. The highest BCUT2D eigenvalue weighted by Gasteiger charge is 2.65. The van der Waals surface area contributed by atoms with Crippen LogP contribution in [0.2, 0.25) is 5.28 Å². The van der Waals surface area contributed by atoms with Crippen molar-refractivity contribution in [3.8, 4) is 5.95 Å². The van der Waals surface area contributed by atoms with Crippen molar-refractivity contribution in [2.45, 2.75) is 33.7 Å². The van der Waals surface area contributed by atoms with E-state index in [9.17, 15) is 0 Å². The molecular formula is C12H16ClN7. The lowest BCUT2D eigenvalue weighted by molar-refractivity contribution is 0.457. The lowest BCUT2D eigenvalue weighted by Crippen LogP contribution is -2.15. The Bertz CT molecular complexity index is 621. The van der Waals surface area contributed by atoms with Crippen molar-refractivity contribution in [3.63, 3.8) is 0 Å². The molecule has 0 unspecified atom stereocenters. The highest BCUT2D eigenvalue weighted by Crippen LogP contribution is 2.63. The summed E-state index contributed by atoms with van der Waals surface area (Å²) in [5.74, 6) is 0.806. The summed E-state index contributed by atoms with van der Waals surface area (Å²) in [4.78, 5) is 16.4. The van der Waals surface area contributed by atoms with E-state index in [1.807, 2.05) is 0 Å². The first-order chi connectivity index (χ1) is 9.32. The maximum atomic E-state index is 5.95. The quantitative estimate of drug-likeness (QED) is 0.931. The van der Waals surface area contributed by atoms with Crippen LogP contribution >= 0.6 is 11.6 Å². The first-order valence-corrected chi connectivity index (χ1v) is 6.73.